The van der Waals surface area contributed by atoms with Crippen molar-refractivity contribution in [2.75, 3.05) is 10.6 Å². The van der Waals surface area contributed by atoms with Gasteiger partial charge in [0.15, 0.2) is 0 Å². The van der Waals surface area contributed by atoms with E-state index in [0.29, 0.717) is 28.4 Å². The fraction of sp³-hybridized carbons (Fsp3) is 0.227. The molecule has 0 bridgehead atoms. The second-order valence-corrected chi connectivity index (χ2v) is 16.2. The lowest BCUT2D eigenvalue weighted by Gasteiger charge is -2.15. The van der Waals surface area contributed by atoms with Crippen LogP contribution in [0, 0.1) is 5.92 Å². The quantitative estimate of drug-likeness (QED) is 0.0943. The number of benzene rings is 3. The third-order valence-electron chi connectivity index (χ3n) is 11.2. The second kappa shape index (κ2) is 14.5. The smallest absolute Gasteiger partial charge is 0.478 e. The Labute approximate surface area is 343 Å². The zero-order valence-electron chi connectivity index (χ0n) is 31.6. The fourth-order valence-electron chi connectivity index (χ4n) is 8.12. The Balaban J connectivity index is 0.939. The van der Waals surface area contributed by atoms with Crippen molar-refractivity contribution in [2.45, 2.75) is 43.9 Å². The molecule has 2 atom stereocenters. The van der Waals surface area contributed by atoms with Crippen LogP contribution in [-0.2, 0) is 20.5 Å². The van der Waals surface area contributed by atoms with E-state index >= 15 is 0 Å². The Morgan fingerprint density at radius 2 is 1.51 bits per heavy atom. The topological polar surface area (TPSA) is 144 Å². The van der Waals surface area contributed by atoms with Gasteiger partial charge in [-0.15, -0.1) is 13.2 Å². The van der Waals surface area contributed by atoms with E-state index < -0.39 is 18.3 Å². The number of nitrogens with zero attached hydrogens (tertiary/aromatic N) is 4. The van der Waals surface area contributed by atoms with Crippen molar-refractivity contribution in [3.63, 3.8) is 0 Å². The summed E-state index contributed by atoms with van der Waals surface area (Å²) in [5.41, 5.74) is 7.07. The van der Waals surface area contributed by atoms with Crippen LogP contribution in [0.3, 0.4) is 0 Å². The maximum Gasteiger partial charge on any atom is 0.573 e. The van der Waals surface area contributed by atoms with E-state index in [2.05, 4.69) is 51.9 Å². The normalized spacial score (nSPS) is 16.4. The average molecular weight is 866 g/mol. The van der Waals surface area contributed by atoms with Gasteiger partial charge in [0, 0.05) is 70.6 Å². The molecule has 0 saturated heterocycles. The number of aromatic carboxylic acids is 2. The molecule has 4 heterocycles. The number of aromatic nitrogens is 4. The van der Waals surface area contributed by atoms with Gasteiger partial charge in [-0.25, -0.2) is 19.6 Å². The average Bonchev–Trinajstić information content (AvgIpc) is 4.11. The highest BCUT2D eigenvalue weighted by Gasteiger charge is 2.40. The lowest BCUT2D eigenvalue weighted by atomic mass is 10.0. The minimum absolute atomic E-state index is 0.000257. The number of alkyl halides is 3. The summed E-state index contributed by atoms with van der Waals surface area (Å²) in [6.07, 6.45) is 4.14. The fourth-order valence-corrected chi connectivity index (χ4v) is 8.86. The highest BCUT2D eigenvalue weighted by molar-refractivity contribution is 9.10. The molecule has 300 valence electrons. The first kappa shape index (κ1) is 38.2. The van der Waals surface area contributed by atoms with E-state index in [1.54, 1.807) is 36.7 Å². The maximum absolute atomic E-state index is 13.0. The van der Waals surface area contributed by atoms with E-state index in [-0.39, 0.29) is 40.3 Å². The molecule has 0 amide bonds. The molecule has 0 radical (unpaired) electrons. The summed E-state index contributed by atoms with van der Waals surface area (Å²) in [4.78, 5) is 33.7. The standard InChI is InChI=1S/C44H36BrF3N6O5/c1-53-9-8-24-10-29(18-34(38(24)53)23-4-3-5-32(14-23)59-44(46,47)48)51-41-36(43(57)58)17-28(21-50-41)33-15-25(33)12-31-13-26-11-30(19-37(45)39(26)54(31)2)52-40-35(42(55)56)16-27(20-49-40)22-6-7-22/h3-5,8-11,13-14,16-22,25,33H,6-7,12,15H2,1-2H3,(H,49,52)(H,50,51)(H,55,56)(H,57,58). The minimum atomic E-state index is -4.84. The molecule has 15 heteroatoms. The molecule has 4 aromatic heterocycles. The van der Waals surface area contributed by atoms with Crippen LogP contribution in [0.4, 0.5) is 36.2 Å². The van der Waals surface area contributed by atoms with E-state index in [1.807, 2.05) is 49.1 Å². The largest absolute Gasteiger partial charge is 0.573 e. The number of ether oxygens (including phenoxy) is 1. The van der Waals surface area contributed by atoms with Crippen molar-refractivity contribution in [1.82, 2.24) is 19.1 Å². The number of pyridine rings is 2. The third-order valence-corrected chi connectivity index (χ3v) is 11.8. The molecule has 11 nitrogen and oxygen atoms in total. The molecule has 0 spiro atoms. The molecule has 3 aromatic carbocycles. The molecule has 2 unspecified atom stereocenters. The predicted octanol–water partition coefficient (Wildman–Crippen LogP) is 10.9. The number of carbonyl (C=O) groups is 2. The molecule has 4 N–H and O–H groups in total. The van der Waals surface area contributed by atoms with Crippen LogP contribution in [0.1, 0.15) is 68.6 Å². The van der Waals surface area contributed by atoms with Crippen LogP contribution in [0.2, 0.25) is 0 Å². The zero-order chi connectivity index (χ0) is 41.3. The van der Waals surface area contributed by atoms with Gasteiger partial charge in [-0.05, 0) is 137 Å². The highest BCUT2D eigenvalue weighted by Crippen LogP contribution is 2.50. The summed E-state index contributed by atoms with van der Waals surface area (Å²) in [6, 6.07) is 20.6. The zero-order valence-corrected chi connectivity index (χ0v) is 33.2. The first-order valence-electron chi connectivity index (χ1n) is 18.9. The predicted molar refractivity (Wildman–Crippen MR) is 221 cm³/mol. The number of fused-ring (bicyclic) bond motifs is 2. The van der Waals surface area contributed by atoms with Gasteiger partial charge >= 0.3 is 18.3 Å². The van der Waals surface area contributed by atoms with Crippen LogP contribution in [-0.4, -0.2) is 47.6 Å². The summed E-state index contributed by atoms with van der Waals surface area (Å²) in [5.74, 6) is -1.38. The Morgan fingerprint density at radius 3 is 2.19 bits per heavy atom. The molecular weight excluding hydrogens is 829 g/mol. The minimum Gasteiger partial charge on any atom is -0.478 e. The Kier molecular flexibility index (Phi) is 9.37. The third kappa shape index (κ3) is 7.69. The molecule has 2 aliphatic rings. The number of carboxylic acid groups (broad SMARTS) is 2. The van der Waals surface area contributed by atoms with Crippen LogP contribution < -0.4 is 15.4 Å². The number of anilines is 4. The lowest BCUT2D eigenvalue weighted by Crippen LogP contribution is -2.17. The Hall–Kier alpha value is -6.35. The molecule has 0 aliphatic heterocycles. The van der Waals surface area contributed by atoms with Crippen LogP contribution in [0.15, 0.2) is 95.9 Å². The number of hydrogen-bond acceptors (Lipinski definition) is 7. The van der Waals surface area contributed by atoms with Gasteiger partial charge in [0.25, 0.3) is 0 Å². The van der Waals surface area contributed by atoms with Crippen molar-refractivity contribution in [2.24, 2.45) is 20.0 Å². The molecule has 7 aromatic rings. The van der Waals surface area contributed by atoms with Crippen molar-refractivity contribution >= 4 is 72.7 Å². The number of halogens is 4. The summed E-state index contributed by atoms with van der Waals surface area (Å²) in [7, 11) is 3.84. The Morgan fingerprint density at radius 1 is 0.847 bits per heavy atom. The monoisotopic (exact) mass is 864 g/mol. The van der Waals surface area contributed by atoms with Gasteiger partial charge in [-0.1, -0.05) is 12.1 Å². The first-order valence-corrected chi connectivity index (χ1v) is 19.7. The molecule has 59 heavy (non-hydrogen) atoms. The van der Waals surface area contributed by atoms with Crippen molar-refractivity contribution in [3.05, 3.63) is 124 Å². The van der Waals surface area contributed by atoms with E-state index in [1.165, 1.54) is 18.2 Å². The molecule has 2 fully saturated rings. The van der Waals surface area contributed by atoms with E-state index in [9.17, 15) is 33.0 Å². The molecular formula is C44H36BrF3N6O5. The van der Waals surface area contributed by atoms with Crippen molar-refractivity contribution in [3.8, 4) is 16.9 Å². The second-order valence-electron chi connectivity index (χ2n) is 15.3. The summed E-state index contributed by atoms with van der Waals surface area (Å²) in [6.45, 7) is 0. The lowest BCUT2D eigenvalue weighted by molar-refractivity contribution is -0.274. The number of aryl methyl sites for hydroxylation is 2. The van der Waals surface area contributed by atoms with Crippen molar-refractivity contribution < 1.29 is 37.7 Å². The van der Waals surface area contributed by atoms with Gasteiger partial charge in [-0.2, -0.15) is 0 Å². The first-order chi connectivity index (χ1) is 28.2. The number of carboxylic acids is 2. The SMILES string of the molecule is Cn1ccc2cc(Nc3ncc(C4CC4Cc4cc5cc(Nc6ncc(C7CC7)cc6C(=O)O)cc(Br)c5n4C)cc3C(=O)O)cc(-c3cccc(OC(F)(F)F)c3)c21. The Bertz CT molecular complexity index is 2850. The highest BCUT2D eigenvalue weighted by atomic mass is 79.9. The summed E-state index contributed by atoms with van der Waals surface area (Å²) < 4.78 is 48.1. The summed E-state index contributed by atoms with van der Waals surface area (Å²) >= 11 is 3.72. The maximum atomic E-state index is 13.0. The van der Waals surface area contributed by atoms with Crippen molar-refractivity contribution in [1.29, 1.82) is 0 Å². The van der Waals surface area contributed by atoms with Crippen LogP contribution in [0.5, 0.6) is 5.75 Å². The van der Waals surface area contributed by atoms with Crippen LogP contribution in [0.25, 0.3) is 32.9 Å². The summed E-state index contributed by atoms with van der Waals surface area (Å²) in [5, 5.41) is 28.3. The number of hydrogen-bond donors (Lipinski definition) is 4. The number of nitrogens with one attached hydrogen (secondary N) is 2. The van der Waals surface area contributed by atoms with Gasteiger partial charge in [0.1, 0.15) is 28.5 Å². The molecule has 9 rings (SSSR count). The van der Waals surface area contributed by atoms with Gasteiger partial charge < -0.3 is 34.7 Å². The van der Waals surface area contributed by atoms with Gasteiger partial charge in [0.2, 0.25) is 0 Å². The van der Waals surface area contributed by atoms with Gasteiger partial charge in [0.05, 0.1) is 11.0 Å². The molecule has 2 saturated carbocycles. The van der Waals surface area contributed by atoms with E-state index in [0.717, 1.165) is 68.8 Å². The van der Waals surface area contributed by atoms with Gasteiger partial charge in [-0.3, -0.25) is 0 Å². The van der Waals surface area contributed by atoms with Crippen LogP contribution >= 0.6 is 15.9 Å². The number of rotatable bonds is 12. The molecule has 2 aliphatic carbocycles. The van der Waals surface area contributed by atoms with E-state index in [4.69, 9.17) is 0 Å².